The number of likely N-dealkylation sites (tertiary alicyclic amines) is 1. The van der Waals surface area contributed by atoms with Crippen molar-refractivity contribution in [2.75, 3.05) is 18.4 Å². The molecular formula is C15H20Cl2N2O2. The van der Waals surface area contributed by atoms with Crippen LogP contribution in [0.4, 0.5) is 5.69 Å². The summed E-state index contributed by atoms with van der Waals surface area (Å²) < 4.78 is 0. The Bertz CT molecular complexity index is 508. The molecule has 6 heteroatoms. The fourth-order valence-electron chi connectivity index (χ4n) is 2.74. The Morgan fingerprint density at radius 3 is 3.00 bits per heavy atom. The Morgan fingerprint density at radius 2 is 2.29 bits per heavy atom. The fraction of sp³-hybridized carbons (Fsp3) is 0.533. The van der Waals surface area contributed by atoms with Gasteiger partial charge in [0.1, 0.15) is 0 Å². The van der Waals surface area contributed by atoms with E-state index in [0.717, 1.165) is 19.4 Å². The Balaban J connectivity index is 1.93. The molecule has 2 unspecified atom stereocenters. The molecule has 1 heterocycles. The van der Waals surface area contributed by atoms with Crippen molar-refractivity contribution in [3.05, 3.63) is 28.2 Å². The minimum Gasteiger partial charge on any atom is -0.393 e. The number of benzene rings is 1. The lowest BCUT2D eigenvalue weighted by Crippen LogP contribution is -2.38. The lowest BCUT2D eigenvalue weighted by molar-refractivity contribution is -0.117. The fourth-order valence-corrected chi connectivity index (χ4v) is 3.09. The van der Waals surface area contributed by atoms with Crippen LogP contribution in [0.3, 0.4) is 0 Å². The lowest BCUT2D eigenvalue weighted by Gasteiger charge is -2.24. The Morgan fingerprint density at radius 1 is 1.52 bits per heavy atom. The maximum absolute atomic E-state index is 12.1. The molecule has 4 nitrogen and oxygen atoms in total. The highest BCUT2D eigenvalue weighted by Crippen LogP contribution is 2.29. The summed E-state index contributed by atoms with van der Waals surface area (Å²) in [6, 6.07) is 5.42. The number of carbonyl (C=O) groups excluding carboxylic acids is 1. The first kappa shape index (κ1) is 16.6. The minimum absolute atomic E-state index is 0.114. The predicted octanol–water partition coefficient (Wildman–Crippen LogP) is 3.17. The van der Waals surface area contributed by atoms with E-state index in [0.29, 0.717) is 28.7 Å². The van der Waals surface area contributed by atoms with Gasteiger partial charge < -0.3 is 10.4 Å². The van der Waals surface area contributed by atoms with Gasteiger partial charge in [0.2, 0.25) is 5.91 Å². The second-order valence-corrected chi connectivity index (χ2v) is 6.29. The molecule has 2 atom stereocenters. The number of rotatable bonds is 5. The summed E-state index contributed by atoms with van der Waals surface area (Å²) in [4.78, 5) is 14.3. The molecule has 0 aromatic heterocycles. The van der Waals surface area contributed by atoms with E-state index in [9.17, 15) is 9.90 Å². The van der Waals surface area contributed by atoms with Gasteiger partial charge in [-0.2, -0.15) is 0 Å². The summed E-state index contributed by atoms with van der Waals surface area (Å²) in [5, 5.41) is 13.1. The van der Waals surface area contributed by atoms with Crippen LogP contribution < -0.4 is 5.32 Å². The monoisotopic (exact) mass is 330 g/mol. The van der Waals surface area contributed by atoms with Crippen molar-refractivity contribution >= 4 is 34.8 Å². The number of amides is 1. The smallest absolute Gasteiger partial charge is 0.238 e. The third kappa shape index (κ3) is 4.58. The molecule has 2 rings (SSSR count). The van der Waals surface area contributed by atoms with Gasteiger partial charge in [0.05, 0.1) is 28.4 Å². The largest absolute Gasteiger partial charge is 0.393 e. The standard InChI is InChI=1S/C15H20Cl2N2O2/c1-10(20)8-11-4-3-7-19(11)9-14(21)18-13-6-2-5-12(16)15(13)17/h2,5-6,10-11,20H,3-4,7-9H2,1H3,(H,18,21). The Labute approximate surface area is 135 Å². The highest BCUT2D eigenvalue weighted by Gasteiger charge is 2.27. The first-order chi connectivity index (χ1) is 9.97. The van der Waals surface area contributed by atoms with Crippen LogP contribution in [0.1, 0.15) is 26.2 Å². The average Bonchev–Trinajstić information content (AvgIpc) is 2.81. The van der Waals surface area contributed by atoms with Crippen LogP contribution in [-0.4, -0.2) is 41.1 Å². The summed E-state index contributed by atoms with van der Waals surface area (Å²) in [6.07, 6.45) is 2.44. The highest BCUT2D eigenvalue weighted by molar-refractivity contribution is 6.43. The summed E-state index contributed by atoms with van der Waals surface area (Å²) in [5.41, 5.74) is 0.528. The third-order valence-electron chi connectivity index (χ3n) is 3.68. The number of carbonyl (C=O) groups is 1. The summed E-state index contributed by atoms with van der Waals surface area (Å²) >= 11 is 12.0. The summed E-state index contributed by atoms with van der Waals surface area (Å²) in [7, 11) is 0. The molecule has 0 radical (unpaired) electrons. The molecule has 0 saturated carbocycles. The number of halogens is 2. The first-order valence-corrected chi connectivity index (χ1v) is 7.89. The van der Waals surface area contributed by atoms with E-state index >= 15 is 0 Å². The second-order valence-electron chi connectivity index (χ2n) is 5.50. The van der Waals surface area contributed by atoms with Gasteiger partial charge in [0, 0.05) is 6.04 Å². The zero-order valence-corrected chi connectivity index (χ0v) is 13.5. The molecule has 2 N–H and O–H groups in total. The summed E-state index contributed by atoms with van der Waals surface area (Å²) in [6.45, 7) is 2.97. The molecular weight excluding hydrogens is 311 g/mol. The van der Waals surface area contributed by atoms with E-state index < -0.39 is 0 Å². The van der Waals surface area contributed by atoms with Gasteiger partial charge in [0.15, 0.2) is 0 Å². The molecule has 1 amide bonds. The van der Waals surface area contributed by atoms with Crippen LogP contribution >= 0.6 is 23.2 Å². The normalized spacial score (nSPS) is 20.5. The number of hydrogen-bond acceptors (Lipinski definition) is 3. The van der Waals surface area contributed by atoms with E-state index in [1.54, 1.807) is 25.1 Å². The predicted molar refractivity (Wildman–Crippen MR) is 86.0 cm³/mol. The van der Waals surface area contributed by atoms with E-state index in [-0.39, 0.29) is 18.1 Å². The van der Waals surface area contributed by atoms with Crippen molar-refractivity contribution in [3.8, 4) is 0 Å². The lowest BCUT2D eigenvalue weighted by atomic mass is 10.1. The van der Waals surface area contributed by atoms with Crippen molar-refractivity contribution in [1.29, 1.82) is 0 Å². The van der Waals surface area contributed by atoms with Crippen molar-refractivity contribution in [1.82, 2.24) is 4.90 Å². The summed E-state index contributed by atoms with van der Waals surface area (Å²) in [5.74, 6) is -0.114. The molecule has 1 aromatic carbocycles. The maximum atomic E-state index is 12.1. The number of anilines is 1. The average molecular weight is 331 g/mol. The van der Waals surface area contributed by atoms with E-state index in [2.05, 4.69) is 10.2 Å². The van der Waals surface area contributed by atoms with Gasteiger partial charge in [-0.3, -0.25) is 9.69 Å². The highest BCUT2D eigenvalue weighted by atomic mass is 35.5. The van der Waals surface area contributed by atoms with Gasteiger partial charge >= 0.3 is 0 Å². The van der Waals surface area contributed by atoms with Crippen molar-refractivity contribution < 1.29 is 9.90 Å². The number of aliphatic hydroxyl groups excluding tert-OH is 1. The zero-order valence-electron chi connectivity index (χ0n) is 12.0. The SMILES string of the molecule is CC(O)CC1CCCN1CC(=O)Nc1cccc(Cl)c1Cl. The quantitative estimate of drug-likeness (QED) is 0.871. The molecule has 0 aliphatic carbocycles. The number of nitrogens with one attached hydrogen (secondary N) is 1. The van der Waals surface area contributed by atoms with Crippen LogP contribution in [0.25, 0.3) is 0 Å². The van der Waals surface area contributed by atoms with Gasteiger partial charge in [-0.05, 0) is 44.9 Å². The molecule has 1 aliphatic rings. The van der Waals surface area contributed by atoms with Crippen LogP contribution in [0.5, 0.6) is 0 Å². The molecule has 21 heavy (non-hydrogen) atoms. The molecule has 0 bridgehead atoms. The Kier molecular flexibility index (Phi) is 5.88. The van der Waals surface area contributed by atoms with Crippen LogP contribution in [0.2, 0.25) is 10.0 Å². The number of hydrogen-bond donors (Lipinski definition) is 2. The van der Waals surface area contributed by atoms with Crippen LogP contribution in [-0.2, 0) is 4.79 Å². The van der Waals surface area contributed by atoms with E-state index in [1.165, 1.54) is 0 Å². The molecule has 1 aromatic rings. The van der Waals surface area contributed by atoms with Crippen molar-refractivity contribution in [2.24, 2.45) is 0 Å². The maximum Gasteiger partial charge on any atom is 0.238 e. The van der Waals surface area contributed by atoms with E-state index in [1.807, 2.05) is 0 Å². The van der Waals surface area contributed by atoms with Gasteiger partial charge in [-0.15, -0.1) is 0 Å². The van der Waals surface area contributed by atoms with Crippen LogP contribution in [0, 0.1) is 0 Å². The van der Waals surface area contributed by atoms with Crippen molar-refractivity contribution in [3.63, 3.8) is 0 Å². The van der Waals surface area contributed by atoms with Gasteiger partial charge in [-0.1, -0.05) is 29.3 Å². The molecule has 116 valence electrons. The van der Waals surface area contributed by atoms with E-state index in [4.69, 9.17) is 23.2 Å². The number of nitrogens with zero attached hydrogens (tertiary/aromatic N) is 1. The topological polar surface area (TPSA) is 52.6 Å². The van der Waals surface area contributed by atoms with Gasteiger partial charge in [-0.25, -0.2) is 0 Å². The second kappa shape index (κ2) is 7.45. The molecule has 1 saturated heterocycles. The minimum atomic E-state index is -0.346. The van der Waals surface area contributed by atoms with Gasteiger partial charge in [0.25, 0.3) is 0 Å². The van der Waals surface area contributed by atoms with Crippen LogP contribution in [0.15, 0.2) is 18.2 Å². The first-order valence-electron chi connectivity index (χ1n) is 7.13. The molecule has 1 aliphatic heterocycles. The van der Waals surface area contributed by atoms with Crippen molar-refractivity contribution in [2.45, 2.75) is 38.3 Å². The third-order valence-corrected chi connectivity index (χ3v) is 4.50. The molecule has 0 spiro atoms. The molecule has 1 fully saturated rings. The Hall–Kier alpha value is -0.810. The number of aliphatic hydroxyl groups is 1. The zero-order chi connectivity index (χ0) is 15.4.